The summed E-state index contributed by atoms with van der Waals surface area (Å²) in [6.07, 6.45) is 0.691. The minimum absolute atomic E-state index is 0.0912. The van der Waals surface area contributed by atoms with Gasteiger partial charge in [-0.25, -0.2) is 0 Å². The van der Waals surface area contributed by atoms with E-state index in [4.69, 9.17) is 9.47 Å². The number of likely N-dealkylation sites (tertiary alicyclic amines) is 1. The van der Waals surface area contributed by atoms with Crippen LogP contribution < -0.4 is 0 Å². The lowest BCUT2D eigenvalue weighted by Gasteiger charge is -2.30. The third-order valence-corrected chi connectivity index (χ3v) is 4.08. The molecule has 2 aliphatic heterocycles. The molecule has 0 bridgehead atoms. The van der Waals surface area contributed by atoms with Gasteiger partial charge in [0.15, 0.2) is 6.10 Å². The maximum absolute atomic E-state index is 12.2. The van der Waals surface area contributed by atoms with Gasteiger partial charge >= 0.3 is 0 Å². The van der Waals surface area contributed by atoms with Crippen LogP contribution in [-0.4, -0.2) is 54.6 Å². The predicted molar refractivity (Wildman–Crippen MR) is 63.6 cm³/mol. The highest BCUT2D eigenvalue weighted by Crippen LogP contribution is 2.26. The zero-order valence-corrected chi connectivity index (χ0v) is 11.1. The molecule has 2 heterocycles. The fraction of sp³-hybridized carbons (Fsp3) is 0.909. The van der Waals surface area contributed by atoms with Gasteiger partial charge in [-0.05, 0) is 12.3 Å². The second-order valence-electron chi connectivity index (χ2n) is 4.45. The van der Waals surface area contributed by atoms with E-state index < -0.39 is 0 Å². The first-order valence-corrected chi connectivity index (χ1v) is 6.92. The van der Waals surface area contributed by atoms with Crippen LogP contribution in [0.4, 0.5) is 0 Å². The molecular weight excluding hydrogens is 274 g/mol. The monoisotopic (exact) mass is 291 g/mol. The van der Waals surface area contributed by atoms with Gasteiger partial charge in [0.05, 0.1) is 19.8 Å². The molecule has 4 nitrogen and oxygen atoms in total. The SMILES string of the molecule is CC1CCN(C(=O)C2COCCO2)C1CBr. The average molecular weight is 292 g/mol. The molecule has 0 aromatic carbocycles. The van der Waals surface area contributed by atoms with E-state index in [1.807, 2.05) is 4.90 Å². The van der Waals surface area contributed by atoms with Gasteiger partial charge in [-0.2, -0.15) is 0 Å². The molecule has 0 aliphatic carbocycles. The van der Waals surface area contributed by atoms with E-state index in [1.54, 1.807) is 0 Å². The molecule has 0 aromatic heterocycles. The maximum atomic E-state index is 12.2. The van der Waals surface area contributed by atoms with Crippen LogP contribution in [0.15, 0.2) is 0 Å². The maximum Gasteiger partial charge on any atom is 0.254 e. The molecule has 3 unspecified atom stereocenters. The summed E-state index contributed by atoms with van der Waals surface area (Å²) in [6, 6.07) is 0.304. The van der Waals surface area contributed by atoms with E-state index in [0.717, 1.165) is 18.3 Å². The van der Waals surface area contributed by atoms with Crippen molar-refractivity contribution in [3.05, 3.63) is 0 Å². The molecule has 2 saturated heterocycles. The van der Waals surface area contributed by atoms with Crippen LogP contribution >= 0.6 is 15.9 Å². The Labute approximate surface area is 104 Å². The van der Waals surface area contributed by atoms with Gasteiger partial charge in [0.25, 0.3) is 5.91 Å². The smallest absolute Gasteiger partial charge is 0.254 e. The van der Waals surface area contributed by atoms with Crippen molar-refractivity contribution in [1.29, 1.82) is 0 Å². The van der Waals surface area contributed by atoms with E-state index in [9.17, 15) is 4.79 Å². The third-order valence-electron chi connectivity index (χ3n) is 3.42. The summed E-state index contributed by atoms with van der Waals surface area (Å²) in [5, 5.41) is 0.841. The van der Waals surface area contributed by atoms with Crippen LogP contribution in [0.1, 0.15) is 13.3 Å². The Balaban J connectivity index is 1.97. The molecule has 3 atom stereocenters. The molecule has 0 N–H and O–H groups in total. The lowest BCUT2D eigenvalue weighted by atomic mass is 10.1. The zero-order chi connectivity index (χ0) is 11.5. The zero-order valence-electron chi connectivity index (χ0n) is 9.52. The average Bonchev–Trinajstić information content (AvgIpc) is 2.70. The number of hydrogen-bond donors (Lipinski definition) is 0. The highest BCUT2D eigenvalue weighted by atomic mass is 79.9. The fourth-order valence-electron chi connectivity index (χ4n) is 2.33. The molecule has 0 aromatic rings. The molecule has 92 valence electrons. The van der Waals surface area contributed by atoms with Gasteiger partial charge in [-0.3, -0.25) is 4.79 Å². The summed E-state index contributed by atoms with van der Waals surface area (Å²) < 4.78 is 10.7. The van der Waals surface area contributed by atoms with Crippen molar-refractivity contribution in [3.63, 3.8) is 0 Å². The fourth-order valence-corrected chi connectivity index (χ4v) is 3.32. The van der Waals surface area contributed by atoms with Gasteiger partial charge in [0.2, 0.25) is 0 Å². The molecule has 1 amide bonds. The van der Waals surface area contributed by atoms with Crippen LogP contribution in [-0.2, 0) is 14.3 Å². The van der Waals surface area contributed by atoms with Crippen molar-refractivity contribution in [2.45, 2.75) is 25.5 Å². The second kappa shape index (κ2) is 5.47. The first-order valence-electron chi connectivity index (χ1n) is 5.80. The first kappa shape index (κ1) is 12.3. The number of ether oxygens (including phenoxy) is 2. The van der Waals surface area contributed by atoms with Gasteiger partial charge in [-0.15, -0.1) is 0 Å². The van der Waals surface area contributed by atoms with Crippen LogP contribution in [0, 0.1) is 5.92 Å². The Morgan fingerprint density at radius 1 is 1.50 bits per heavy atom. The molecule has 0 radical (unpaired) electrons. The third kappa shape index (κ3) is 2.41. The van der Waals surface area contributed by atoms with E-state index in [2.05, 4.69) is 22.9 Å². The largest absolute Gasteiger partial charge is 0.376 e. The second-order valence-corrected chi connectivity index (χ2v) is 5.10. The van der Waals surface area contributed by atoms with E-state index >= 15 is 0 Å². The minimum atomic E-state index is -0.388. The molecule has 2 aliphatic rings. The topological polar surface area (TPSA) is 38.8 Å². The number of rotatable bonds is 2. The Kier molecular flexibility index (Phi) is 4.21. The summed E-state index contributed by atoms with van der Waals surface area (Å²) in [5.41, 5.74) is 0. The van der Waals surface area contributed by atoms with Crippen molar-refractivity contribution in [3.8, 4) is 0 Å². The number of halogens is 1. The Morgan fingerprint density at radius 2 is 2.31 bits per heavy atom. The van der Waals surface area contributed by atoms with Crippen LogP contribution in [0.25, 0.3) is 0 Å². The van der Waals surface area contributed by atoms with Crippen molar-refractivity contribution >= 4 is 21.8 Å². The standard InChI is InChI=1S/C11H18BrNO3/c1-8-2-3-13(9(8)6-12)11(14)10-7-15-4-5-16-10/h8-10H,2-7H2,1H3. The lowest BCUT2D eigenvalue weighted by Crippen LogP contribution is -2.48. The van der Waals surface area contributed by atoms with Crippen LogP contribution in [0.3, 0.4) is 0 Å². The van der Waals surface area contributed by atoms with Gasteiger partial charge in [-0.1, -0.05) is 22.9 Å². The van der Waals surface area contributed by atoms with Crippen molar-refractivity contribution in [2.24, 2.45) is 5.92 Å². The minimum Gasteiger partial charge on any atom is -0.376 e. The first-order chi connectivity index (χ1) is 7.74. The quantitative estimate of drug-likeness (QED) is 0.714. The van der Waals surface area contributed by atoms with Crippen molar-refractivity contribution < 1.29 is 14.3 Å². The van der Waals surface area contributed by atoms with Gasteiger partial charge in [0.1, 0.15) is 0 Å². The number of alkyl halides is 1. The highest BCUT2D eigenvalue weighted by Gasteiger charge is 2.37. The molecule has 2 fully saturated rings. The van der Waals surface area contributed by atoms with E-state index in [0.29, 0.717) is 31.8 Å². The Bertz CT molecular complexity index is 256. The Hall–Kier alpha value is -0.130. The van der Waals surface area contributed by atoms with Crippen molar-refractivity contribution in [1.82, 2.24) is 4.90 Å². The summed E-state index contributed by atoms with van der Waals surface area (Å²) >= 11 is 3.48. The van der Waals surface area contributed by atoms with Gasteiger partial charge in [0, 0.05) is 17.9 Å². The van der Waals surface area contributed by atoms with Gasteiger partial charge < -0.3 is 14.4 Å². The number of amides is 1. The number of nitrogens with zero attached hydrogens (tertiary/aromatic N) is 1. The number of carbonyl (C=O) groups excluding carboxylic acids is 1. The van der Waals surface area contributed by atoms with E-state index in [1.165, 1.54) is 0 Å². The number of carbonyl (C=O) groups is 1. The summed E-state index contributed by atoms with van der Waals surface area (Å²) in [4.78, 5) is 14.2. The van der Waals surface area contributed by atoms with Crippen LogP contribution in [0.5, 0.6) is 0 Å². The molecular formula is C11H18BrNO3. The summed E-state index contributed by atoms with van der Waals surface area (Å²) in [7, 11) is 0. The summed E-state index contributed by atoms with van der Waals surface area (Å²) in [5.74, 6) is 0.654. The molecule has 2 rings (SSSR count). The highest BCUT2D eigenvalue weighted by molar-refractivity contribution is 9.09. The molecule has 0 spiro atoms. The molecule has 5 heteroatoms. The van der Waals surface area contributed by atoms with E-state index in [-0.39, 0.29) is 12.0 Å². The predicted octanol–water partition coefficient (Wildman–Crippen LogP) is 1.03. The number of hydrogen-bond acceptors (Lipinski definition) is 3. The Morgan fingerprint density at radius 3 is 2.94 bits per heavy atom. The van der Waals surface area contributed by atoms with Crippen LogP contribution in [0.2, 0.25) is 0 Å². The van der Waals surface area contributed by atoms with Crippen molar-refractivity contribution in [2.75, 3.05) is 31.7 Å². The lowest BCUT2D eigenvalue weighted by molar-refractivity contribution is -0.158. The molecule has 0 saturated carbocycles. The molecule has 16 heavy (non-hydrogen) atoms. The summed E-state index contributed by atoms with van der Waals surface area (Å²) in [6.45, 7) is 4.56. The normalized spacial score (nSPS) is 35.4.